The third-order valence-electron chi connectivity index (χ3n) is 2.90. The zero-order chi connectivity index (χ0) is 11.4. The van der Waals surface area contributed by atoms with Gasteiger partial charge in [0.1, 0.15) is 6.10 Å². The van der Waals surface area contributed by atoms with Gasteiger partial charge in [-0.3, -0.25) is 0 Å². The molecule has 1 aliphatic heterocycles. The number of hydrogen-bond acceptors (Lipinski definition) is 3. The predicted octanol–water partition coefficient (Wildman–Crippen LogP) is -0.862. The largest absolute Gasteiger partial charge is 1.00 e. The lowest BCUT2D eigenvalue weighted by atomic mass is 10.1. The number of ether oxygens (including phenoxy) is 2. The average Bonchev–Trinajstić information content (AvgIpc) is 2.33. The molecule has 0 bridgehead atoms. The number of methoxy groups -OCH3 is 1. The third kappa shape index (κ3) is 3.79. The summed E-state index contributed by atoms with van der Waals surface area (Å²) in [6.45, 7) is 4.13. The van der Waals surface area contributed by atoms with Crippen molar-refractivity contribution in [1.29, 1.82) is 0 Å². The van der Waals surface area contributed by atoms with Crippen molar-refractivity contribution in [1.82, 2.24) is 5.32 Å². The van der Waals surface area contributed by atoms with Crippen molar-refractivity contribution in [3.05, 3.63) is 23.8 Å². The van der Waals surface area contributed by atoms with Crippen LogP contribution in [0.25, 0.3) is 0 Å². The minimum Gasteiger partial charge on any atom is -1.00 e. The summed E-state index contributed by atoms with van der Waals surface area (Å²) in [5.41, 5.74) is 1.19. The molecule has 1 aromatic rings. The topological polar surface area (TPSA) is 30.5 Å². The Morgan fingerprint density at radius 3 is 2.53 bits per heavy atom. The van der Waals surface area contributed by atoms with Gasteiger partial charge in [0.05, 0.1) is 7.11 Å². The van der Waals surface area contributed by atoms with Crippen LogP contribution in [0.1, 0.15) is 18.4 Å². The highest BCUT2D eigenvalue weighted by molar-refractivity contribution is 5.42. The Morgan fingerprint density at radius 1 is 1.18 bits per heavy atom. The van der Waals surface area contributed by atoms with Crippen molar-refractivity contribution >= 4 is 0 Å². The van der Waals surface area contributed by atoms with E-state index in [1.165, 1.54) is 5.56 Å². The van der Waals surface area contributed by atoms with Gasteiger partial charge in [0.15, 0.2) is 11.5 Å². The van der Waals surface area contributed by atoms with Gasteiger partial charge in [-0.05, 0) is 50.6 Å². The molecule has 3 nitrogen and oxygen atoms in total. The minimum atomic E-state index is 0. The molecule has 1 aliphatic rings. The smallest absolute Gasteiger partial charge is 0.161 e. The quantitative estimate of drug-likeness (QED) is 0.764. The van der Waals surface area contributed by atoms with Crippen molar-refractivity contribution in [2.45, 2.75) is 25.9 Å². The molecule has 1 fully saturated rings. The Labute approximate surface area is 109 Å². The molecule has 1 heterocycles. The summed E-state index contributed by atoms with van der Waals surface area (Å²) in [4.78, 5) is 0. The number of hydrogen-bond donors (Lipinski definition) is 1. The maximum absolute atomic E-state index is 5.97. The van der Waals surface area contributed by atoms with Crippen LogP contribution in [0.15, 0.2) is 18.2 Å². The SMILES string of the molecule is COc1cc(C)ccc1OC1CCNCC1.[Cl-]. The molecule has 0 amide bonds. The first kappa shape index (κ1) is 14.1. The van der Waals surface area contributed by atoms with Gasteiger partial charge < -0.3 is 27.2 Å². The van der Waals surface area contributed by atoms with Crippen LogP contribution in [0, 0.1) is 6.92 Å². The fraction of sp³-hybridized carbons (Fsp3) is 0.538. The zero-order valence-corrected chi connectivity index (χ0v) is 11.1. The lowest BCUT2D eigenvalue weighted by Gasteiger charge is -2.24. The van der Waals surface area contributed by atoms with Crippen molar-refractivity contribution in [2.75, 3.05) is 20.2 Å². The molecular weight excluding hydrogens is 238 g/mol. The highest BCUT2D eigenvalue weighted by Crippen LogP contribution is 2.29. The van der Waals surface area contributed by atoms with Crippen LogP contribution in [-0.2, 0) is 0 Å². The molecular formula is C13H19ClNO2-. The molecule has 0 spiro atoms. The summed E-state index contributed by atoms with van der Waals surface area (Å²) in [7, 11) is 1.68. The van der Waals surface area contributed by atoms with Crippen LogP contribution >= 0.6 is 0 Å². The predicted molar refractivity (Wildman–Crippen MR) is 64.3 cm³/mol. The standard InChI is InChI=1S/C13H19NO2.ClH/c1-10-3-4-12(13(9-10)15-2)16-11-5-7-14-8-6-11;/h3-4,9,11,14H,5-8H2,1-2H3;1H/p-1. The van der Waals surface area contributed by atoms with Gasteiger partial charge in [0, 0.05) is 0 Å². The average molecular weight is 257 g/mol. The third-order valence-corrected chi connectivity index (χ3v) is 2.90. The molecule has 1 aromatic carbocycles. The van der Waals surface area contributed by atoms with Crippen molar-refractivity contribution in [2.24, 2.45) is 0 Å². The van der Waals surface area contributed by atoms with Gasteiger partial charge in [-0.25, -0.2) is 0 Å². The molecule has 17 heavy (non-hydrogen) atoms. The first-order chi connectivity index (χ1) is 7.79. The Balaban J connectivity index is 0.00000144. The van der Waals surface area contributed by atoms with Gasteiger partial charge in [-0.1, -0.05) is 6.07 Å². The lowest BCUT2D eigenvalue weighted by molar-refractivity contribution is -0.00000474. The maximum Gasteiger partial charge on any atom is 0.161 e. The molecule has 1 saturated heterocycles. The van der Waals surface area contributed by atoms with Gasteiger partial charge in [-0.2, -0.15) is 0 Å². The molecule has 0 unspecified atom stereocenters. The lowest BCUT2D eigenvalue weighted by Crippen LogP contribution is -3.00. The van der Waals surface area contributed by atoms with E-state index in [1.807, 2.05) is 12.1 Å². The monoisotopic (exact) mass is 256 g/mol. The second-order valence-corrected chi connectivity index (χ2v) is 4.22. The molecule has 0 saturated carbocycles. The Kier molecular flexibility index (Phi) is 5.59. The minimum absolute atomic E-state index is 0. The molecule has 1 N–H and O–H groups in total. The molecule has 0 radical (unpaired) electrons. The van der Waals surface area contributed by atoms with E-state index in [4.69, 9.17) is 9.47 Å². The number of benzene rings is 1. The van der Waals surface area contributed by atoms with E-state index in [1.54, 1.807) is 7.11 Å². The van der Waals surface area contributed by atoms with Crippen LogP contribution in [0.5, 0.6) is 11.5 Å². The Hall–Kier alpha value is -0.930. The van der Waals surface area contributed by atoms with E-state index in [-0.39, 0.29) is 12.4 Å². The molecule has 0 aromatic heterocycles. The van der Waals surface area contributed by atoms with Gasteiger partial charge in [0.25, 0.3) is 0 Å². The van der Waals surface area contributed by atoms with Crippen LogP contribution in [-0.4, -0.2) is 26.3 Å². The van der Waals surface area contributed by atoms with E-state index in [9.17, 15) is 0 Å². The highest BCUT2D eigenvalue weighted by atomic mass is 35.5. The number of aryl methyl sites for hydroxylation is 1. The zero-order valence-electron chi connectivity index (χ0n) is 10.3. The fourth-order valence-corrected chi connectivity index (χ4v) is 1.97. The number of halogens is 1. The summed E-state index contributed by atoms with van der Waals surface area (Å²) >= 11 is 0. The molecule has 0 atom stereocenters. The number of nitrogens with one attached hydrogen (secondary N) is 1. The molecule has 0 aliphatic carbocycles. The summed E-state index contributed by atoms with van der Waals surface area (Å²) in [6, 6.07) is 6.06. The second kappa shape index (κ2) is 6.72. The number of rotatable bonds is 3. The summed E-state index contributed by atoms with van der Waals surface area (Å²) in [6.07, 6.45) is 2.45. The van der Waals surface area contributed by atoms with Gasteiger partial charge >= 0.3 is 0 Å². The fourth-order valence-electron chi connectivity index (χ4n) is 1.97. The van der Waals surface area contributed by atoms with E-state index in [0.717, 1.165) is 37.4 Å². The van der Waals surface area contributed by atoms with Crippen LogP contribution in [0.3, 0.4) is 0 Å². The van der Waals surface area contributed by atoms with Crippen LogP contribution in [0.2, 0.25) is 0 Å². The highest BCUT2D eigenvalue weighted by Gasteiger charge is 2.16. The van der Waals surface area contributed by atoms with Crippen LogP contribution in [0.4, 0.5) is 0 Å². The Bertz CT molecular complexity index is 351. The molecule has 2 rings (SSSR count). The normalized spacial score (nSPS) is 16.1. The Morgan fingerprint density at radius 2 is 1.88 bits per heavy atom. The first-order valence-electron chi connectivity index (χ1n) is 5.81. The van der Waals surface area contributed by atoms with E-state index in [2.05, 4.69) is 18.3 Å². The molecule has 4 heteroatoms. The van der Waals surface area contributed by atoms with Crippen molar-refractivity contribution in [3.8, 4) is 11.5 Å². The van der Waals surface area contributed by atoms with E-state index in [0.29, 0.717) is 6.10 Å². The summed E-state index contributed by atoms with van der Waals surface area (Å²) < 4.78 is 11.3. The van der Waals surface area contributed by atoms with Crippen LogP contribution < -0.4 is 27.2 Å². The van der Waals surface area contributed by atoms with Crippen molar-refractivity contribution in [3.63, 3.8) is 0 Å². The molecule has 96 valence electrons. The van der Waals surface area contributed by atoms with Gasteiger partial charge in [0.2, 0.25) is 0 Å². The summed E-state index contributed by atoms with van der Waals surface area (Å²) in [5.74, 6) is 1.69. The van der Waals surface area contributed by atoms with E-state index >= 15 is 0 Å². The summed E-state index contributed by atoms with van der Waals surface area (Å²) in [5, 5.41) is 3.33. The van der Waals surface area contributed by atoms with Crippen molar-refractivity contribution < 1.29 is 21.9 Å². The first-order valence-corrected chi connectivity index (χ1v) is 5.81. The maximum atomic E-state index is 5.97. The van der Waals surface area contributed by atoms with Gasteiger partial charge in [-0.15, -0.1) is 0 Å². The second-order valence-electron chi connectivity index (χ2n) is 4.22. The van der Waals surface area contributed by atoms with E-state index < -0.39 is 0 Å². The number of piperidine rings is 1.